The minimum absolute atomic E-state index is 0.398. The van der Waals surface area contributed by atoms with Gasteiger partial charge in [-0.3, -0.25) is 0 Å². The van der Waals surface area contributed by atoms with Crippen molar-refractivity contribution >= 4 is 16.9 Å². The van der Waals surface area contributed by atoms with E-state index in [9.17, 15) is 5.11 Å². The molecule has 5 rings (SSSR count). The lowest BCUT2D eigenvalue weighted by molar-refractivity contribution is 0.163. The lowest BCUT2D eigenvalue weighted by Crippen LogP contribution is -2.18. The van der Waals surface area contributed by atoms with Crippen molar-refractivity contribution in [2.24, 2.45) is 0 Å². The molecule has 2 N–H and O–H groups in total. The second-order valence-electron chi connectivity index (χ2n) is 7.58. The molecule has 164 valence electrons. The third-order valence-electron chi connectivity index (χ3n) is 5.10. The molecule has 0 radical (unpaired) electrons. The number of aliphatic hydroxyl groups excluding tert-OH is 1. The molecule has 10 nitrogen and oxygen atoms in total. The van der Waals surface area contributed by atoms with Gasteiger partial charge in [-0.15, -0.1) is 0 Å². The third kappa shape index (κ3) is 4.17. The number of pyridine rings is 2. The van der Waals surface area contributed by atoms with E-state index in [0.29, 0.717) is 32.2 Å². The number of aliphatic hydroxyl groups is 1. The van der Waals surface area contributed by atoms with Crippen LogP contribution < -0.4 is 14.8 Å². The van der Waals surface area contributed by atoms with Crippen molar-refractivity contribution in [1.82, 2.24) is 29.7 Å². The van der Waals surface area contributed by atoms with Gasteiger partial charge >= 0.3 is 0 Å². The fraction of sp³-hybridized carbons (Fsp3) is 0.318. The number of hydrogen-bond acceptors (Lipinski definition) is 9. The predicted molar refractivity (Wildman–Crippen MR) is 118 cm³/mol. The molecular weight excluding hydrogens is 410 g/mol. The minimum atomic E-state index is -0.494. The summed E-state index contributed by atoms with van der Waals surface area (Å²) in [5.74, 6) is 2.00. The number of anilines is 1. The molecule has 10 heteroatoms. The maximum atomic E-state index is 9.62. The summed E-state index contributed by atoms with van der Waals surface area (Å²) >= 11 is 0. The molecule has 1 aliphatic heterocycles. The summed E-state index contributed by atoms with van der Waals surface area (Å²) in [6.07, 6.45) is 7.02. The van der Waals surface area contributed by atoms with E-state index < -0.39 is 6.10 Å². The van der Waals surface area contributed by atoms with Crippen LogP contribution >= 0.6 is 0 Å². The zero-order valence-corrected chi connectivity index (χ0v) is 17.6. The Bertz CT molecular complexity index is 1240. The average molecular weight is 433 g/mol. The largest absolute Gasteiger partial charge is 0.484 e. The van der Waals surface area contributed by atoms with Crippen molar-refractivity contribution in [3.63, 3.8) is 0 Å². The highest BCUT2D eigenvalue weighted by atomic mass is 16.6. The number of fused-ring (bicyclic) bond motifs is 2. The first-order valence-corrected chi connectivity index (χ1v) is 10.5. The van der Waals surface area contributed by atoms with Gasteiger partial charge in [0.1, 0.15) is 25.4 Å². The molecule has 0 aromatic carbocycles. The summed E-state index contributed by atoms with van der Waals surface area (Å²) in [5, 5.41) is 18.2. The molecule has 4 aromatic rings. The number of hydrogen-bond donors (Lipinski definition) is 2. The van der Waals surface area contributed by atoms with Gasteiger partial charge in [0.15, 0.2) is 11.4 Å². The second-order valence-corrected chi connectivity index (χ2v) is 7.58. The van der Waals surface area contributed by atoms with Gasteiger partial charge < -0.3 is 19.9 Å². The Labute approximate surface area is 184 Å². The van der Waals surface area contributed by atoms with E-state index in [0.717, 1.165) is 45.8 Å². The van der Waals surface area contributed by atoms with Gasteiger partial charge in [0, 0.05) is 41.5 Å². The summed E-state index contributed by atoms with van der Waals surface area (Å²) in [6.45, 7) is 3.84. The van der Waals surface area contributed by atoms with Gasteiger partial charge in [0.2, 0.25) is 0 Å². The first-order valence-electron chi connectivity index (χ1n) is 10.5. The molecular formula is C22H23N7O3. The van der Waals surface area contributed by atoms with Crippen LogP contribution in [-0.2, 0) is 13.0 Å². The van der Waals surface area contributed by atoms with Crippen molar-refractivity contribution in [2.75, 3.05) is 25.1 Å². The summed E-state index contributed by atoms with van der Waals surface area (Å²) in [7, 11) is 0. The van der Waals surface area contributed by atoms with Gasteiger partial charge in [-0.05, 0) is 25.5 Å². The van der Waals surface area contributed by atoms with Crippen LogP contribution in [0.2, 0.25) is 0 Å². The van der Waals surface area contributed by atoms with E-state index in [2.05, 4.69) is 30.4 Å². The molecule has 0 bridgehead atoms. The first-order chi connectivity index (χ1) is 15.7. The maximum absolute atomic E-state index is 9.62. The monoisotopic (exact) mass is 433 g/mol. The van der Waals surface area contributed by atoms with Gasteiger partial charge in [-0.25, -0.2) is 24.6 Å². The standard InChI is InChI=1S/C22H23N7O3/c1-14(30)12-29-21-17(11-28-29)8-16(10-25-21)18-9-19(27-13-26-18)23-4-2-15-3-5-24-22-20(15)31-6-7-32-22/h3,5,8-11,13-14,30H,2,4,6-7,12H2,1H3,(H,23,26,27)/t14-/m0/s1. The molecule has 0 aliphatic carbocycles. The third-order valence-corrected chi connectivity index (χ3v) is 5.10. The number of aromatic nitrogens is 6. The molecule has 1 aliphatic rings. The van der Waals surface area contributed by atoms with Crippen LogP contribution in [-0.4, -0.2) is 60.7 Å². The fourth-order valence-electron chi connectivity index (χ4n) is 3.64. The Kier molecular flexibility index (Phi) is 5.51. The molecule has 0 amide bonds. The number of nitrogens with zero attached hydrogens (tertiary/aromatic N) is 6. The van der Waals surface area contributed by atoms with E-state index in [1.165, 1.54) is 6.33 Å². The molecule has 32 heavy (non-hydrogen) atoms. The number of nitrogens with one attached hydrogen (secondary N) is 1. The van der Waals surface area contributed by atoms with Crippen molar-refractivity contribution in [3.8, 4) is 22.9 Å². The summed E-state index contributed by atoms with van der Waals surface area (Å²) in [6, 6.07) is 5.82. The predicted octanol–water partition coefficient (Wildman–Crippen LogP) is 2.09. The molecule has 4 aromatic heterocycles. The van der Waals surface area contributed by atoms with Crippen LogP contribution in [0.4, 0.5) is 5.82 Å². The second kappa shape index (κ2) is 8.75. The van der Waals surface area contributed by atoms with Crippen molar-refractivity contribution < 1.29 is 14.6 Å². The maximum Gasteiger partial charge on any atom is 0.257 e. The van der Waals surface area contributed by atoms with Crippen LogP contribution in [0, 0.1) is 0 Å². The van der Waals surface area contributed by atoms with Crippen LogP contribution in [0.25, 0.3) is 22.3 Å². The highest BCUT2D eigenvalue weighted by Gasteiger charge is 2.17. The zero-order chi connectivity index (χ0) is 21.9. The normalized spacial score (nSPS) is 13.8. The van der Waals surface area contributed by atoms with E-state index in [1.807, 2.05) is 18.2 Å². The lowest BCUT2D eigenvalue weighted by atomic mass is 10.1. The van der Waals surface area contributed by atoms with E-state index in [-0.39, 0.29) is 0 Å². The SMILES string of the molecule is C[C@H](O)Cn1ncc2cc(-c3cc(NCCc4ccnc5c4OCCO5)ncn3)cnc21. The highest BCUT2D eigenvalue weighted by molar-refractivity contribution is 5.80. The zero-order valence-electron chi connectivity index (χ0n) is 17.6. The van der Waals surface area contributed by atoms with Crippen LogP contribution in [0.1, 0.15) is 12.5 Å². The van der Waals surface area contributed by atoms with Crippen molar-refractivity contribution in [1.29, 1.82) is 0 Å². The minimum Gasteiger partial charge on any atom is -0.484 e. The van der Waals surface area contributed by atoms with Gasteiger partial charge in [-0.2, -0.15) is 5.10 Å². The Morgan fingerprint density at radius 1 is 1.12 bits per heavy atom. The summed E-state index contributed by atoms with van der Waals surface area (Å²) in [5.41, 5.74) is 3.40. The number of rotatable bonds is 7. The smallest absolute Gasteiger partial charge is 0.257 e. The quantitative estimate of drug-likeness (QED) is 0.451. The van der Waals surface area contributed by atoms with E-state index in [4.69, 9.17) is 9.47 Å². The van der Waals surface area contributed by atoms with Gasteiger partial charge in [-0.1, -0.05) is 0 Å². The summed E-state index contributed by atoms with van der Waals surface area (Å²) < 4.78 is 13.0. The van der Waals surface area contributed by atoms with Gasteiger partial charge in [0.25, 0.3) is 5.88 Å². The molecule has 0 fully saturated rings. The first kappa shape index (κ1) is 20.1. The van der Waals surface area contributed by atoms with E-state index in [1.54, 1.807) is 30.2 Å². The number of ether oxygens (including phenoxy) is 2. The average Bonchev–Trinajstić information content (AvgIpc) is 3.21. The van der Waals surface area contributed by atoms with Gasteiger partial charge in [0.05, 0.1) is 24.5 Å². The molecule has 1 atom stereocenters. The Morgan fingerprint density at radius 3 is 2.94 bits per heavy atom. The lowest BCUT2D eigenvalue weighted by Gasteiger charge is -2.19. The molecule has 5 heterocycles. The highest BCUT2D eigenvalue weighted by Crippen LogP contribution is 2.31. The van der Waals surface area contributed by atoms with Crippen LogP contribution in [0.15, 0.2) is 43.1 Å². The molecule has 0 saturated carbocycles. The Morgan fingerprint density at radius 2 is 2.03 bits per heavy atom. The van der Waals surface area contributed by atoms with Crippen LogP contribution in [0.5, 0.6) is 11.6 Å². The molecule has 0 saturated heterocycles. The van der Waals surface area contributed by atoms with Crippen molar-refractivity contribution in [2.45, 2.75) is 26.0 Å². The Hall–Kier alpha value is -3.79. The topological polar surface area (TPSA) is 120 Å². The van der Waals surface area contributed by atoms with E-state index >= 15 is 0 Å². The Balaban J connectivity index is 1.29. The summed E-state index contributed by atoms with van der Waals surface area (Å²) in [4.78, 5) is 17.5. The molecule has 0 spiro atoms. The fourth-order valence-corrected chi connectivity index (χ4v) is 3.64. The molecule has 0 unspecified atom stereocenters. The van der Waals surface area contributed by atoms with Crippen LogP contribution in [0.3, 0.4) is 0 Å². The van der Waals surface area contributed by atoms with Crippen molar-refractivity contribution in [3.05, 3.63) is 48.7 Å².